The van der Waals surface area contributed by atoms with E-state index in [-0.39, 0.29) is 0 Å². The van der Waals surface area contributed by atoms with Gasteiger partial charge in [0.1, 0.15) is 0 Å². The minimum absolute atomic E-state index is 0.422. The molecular formula is C32H33O2P. The standard InChI is InChI=1S/C32H33O2P/c1-2-3-16-27-17-13-14-24-31(27)35(28-18-7-4-8-19-28,29-20-9-5-10-21-29,30-22-11-6-12-23-30)32-33-25-15-26-34-32/h2-14,17-24,32H,15-16,25-26H2,1H3. The number of ether oxygens (including phenoxy) is 2. The molecule has 3 heteroatoms. The van der Waals surface area contributed by atoms with E-state index in [0.717, 1.165) is 12.8 Å². The van der Waals surface area contributed by atoms with Crippen LogP contribution in [0.15, 0.2) is 127 Å². The Labute approximate surface area is 209 Å². The molecule has 0 saturated carbocycles. The average molecular weight is 481 g/mol. The molecule has 0 aromatic heterocycles. The first-order chi connectivity index (χ1) is 17.3. The summed E-state index contributed by atoms with van der Waals surface area (Å²) in [4.78, 5) is 0. The van der Waals surface area contributed by atoms with E-state index in [4.69, 9.17) is 9.47 Å². The van der Waals surface area contributed by atoms with Gasteiger partial charge in [0.25, 0.3) is 0 Å². The minimum atomic E-state index is -3.56. The molecule has 178 valence electrons. The molecular weight excluding hydrogens is 447 g/mol. The van der Waals surface area contributed by atoms with Crippen molar-refractivity contribution in [3.05, 3.63) is 133 Å². The molecule has 35 heavy (non-hydrogen) atoms. The van der Waals surface area contributed by atoms with Crippen LogP contribution < -0.4 is 21.2 Å². The second-order valence-electron chi connectivity index (χ2n) is 9.00. The van der Waals surface area contributed by atoms with Crippen LogP contribution in [0.2, 0.25) is 0 Å². The van der Waals surface area contributed by atoms with Gasteiger partial charge in [-0.15, -0.1) is 0 Å². The summed E-state index contributed by atoms with van der Waals surface area (Å²) in [7, 11) is 0. The molecule has 1 aliphatic heterocycles. The van der Waals surface area contributed by atoms with Gasteiger partial charge in [0.05, 0.1) is 0 Å². The van der Waals surface area contributed by atoms with Gasteiger partial charge >= 0.3 is 209 Å². The first-order valence-electron chi connectivity index (χ1n) is 12.4. The quantitative estimate of drug-likeness (QED) is 0.250. The van der Waals surface area contributed by atoms with E-state index in [1.54, 1.807) is 0 Å². The summed E-state index contributed by atoms with van der Waals surface area (Å²) in [6, 6.07) is 41.4. The van der Waals surface area contributed by atoms with Gasteiger partial charge in [0.2, 0.25) is 0 Å². The van der Waals surface area contributed by atoms with Crippen molar-refractivity contribution >= 4 is 27.8 Å². The van der Waals surface area contributed by atoms with Gasteiger partial charge in [0.15, 0.2) is 0 Å². The molecule has 0 bridgehead atoms. The Bertz CT molecular complexity index is 1160. The molecule has 0 radical (unpaired) electrons. The van der Waals surface area contributed by atoms with Crippen LogP contribution in [0.4, 0.5) is 0 Å². The third kappa shape index (κ3) is 3.69. The summed E-state index contributed by atoms with van der Waals surface area (Å²) in [5.74, 6) is 0. The molecule has 1 saturated heterocycles. The predicted octanol–water partition coefficient (Wildman–Crippen LogP) is 5.68. The van der Waals surface area contributed by atoms with Crippen molar-refractivity contribution in [1.29, 1.82) is 0 Å². The molecule has 1 fully saturated rings. The molecule has 2 nitrogen and oxygen atoms in total. The molecule has 0 atom stereocenters. The van der Waals surface area contributed by atoms with Crippen molar-refractivity contribution in [1.82, 2.24) is 0 Å². The fourth-order valence-corrected chi connectivity index (χ4v) is 12.7. The van der Waals surface area contributed by atoms with E-state index >= 15 is 0 Å². The maximum absolute atomic E-state index is 6.74. The predicted molar refractivity (Wildman–Crippen MR) is 150 cm³/mol. The van der Waals surface area contributed by atoms with Crippen LogP contribution >= 0.6 is 6.60 Å². The Morgan fingerprint density at radius 3 is 1.60 bits per heavy atom. The van der Waals surface area contributed by atoms with Crippen LogP contribution in [0.1, 0.15) is 18.9 Å². The number of hydrogen-bond donors (Lipinski definition) is 0. The van der Waals surface area contributed by atoms with Gasteiger partial charge in [-0.2, -0.15) is 0 Å². The van der Waals surface area contributed by atoms with Crippen molar-refractivity contribution in [2.75, 3.05) is 13.2 Å². The van der Waals surface area contributed by atoms with E-state index < -0.39 is 12.6 Å². The fraction of sp³-hybridized carbons (Fsp3) is 0.188. The number of rotatable bonds is 7. The first-order valence-corrected chi connectivity index (χ1v) is 14.7. The fourth-order valence-electron chi connectivity index (χ4n) is 5.71. The molecule has 0 N–H and O–H groups in total. The van der Waals surface area contributed by atoms with Crippen LogP contribution in [-0.2, 0) is 15.9 Å². The Hall–Kier alpha value is -3.03. The van der Waals surface area contributed by atoms with Crippen molar-refractivity contribution in [2.45, 2.75) is 25.8 Å². The van der Waals surface area contributed by atoms with Gasteiger partial charge in [0, 0.05) is 0 Å². The summed E-state index contributed by atoms with van der Waals surface area (Å²) in [5, 5.41) is 5.09. The summed E-state index contributed by atoms with van der Waals surface area (Å²) in [6.45, 7) is -0.103. The van der Waals surface area contributed by atoms with Gasteiger partial charge in [-0.25, -0.2) is 0 Å². The summed E-state index contributed by atoms with van der Waals surface area (Å²) >= 11 is 0. The zero-order valence-corrected chi connectivity index (χ0v) is 21.2. The monoisotopic (exact) mass is 480 g/mol. The van der Waals surface area contributed by atoms with Gasteiger partial charge < -0.3 is 0 Å². The molecule has 0 unspecified atom stereocenters. The molecule has 0 aliphatic carbocycles. The Morgan fingerprint density at radius 1 is 0.657 bits per heavy atom. The Morgan fingerprint density at radius 2 is 1.11 bits per heavy atom. The van der Waals surface area contributed by atoms with E-state index in [1.165, 1.54) is 26.8 Å². The van der Waals surface area contributed by atoms with E-state index in [2.05, 4.69) is 134 Å². The van der Waals surface area contributed by atoms with Gasteiger partial charge in [-0.1, -0.05) is 0 Å². The third-order valence-electron chi connectivity index (χ3n) is 7.17. The van der Waals surface area contributed by atoms with E-state index in [1.807, 2.05) is 0 Å². The average Bonchev–Trinajstić information content (AvgIpc) is 2.96. The molecule has 4 aromatic rings. The number of hydrogen-bond acceptors (Lipinski definition) is 2. The third-order valence-corrected chi connectivity index (χ3v) is 13.9. The van der Waals surface area contributed by atoms with Crippen molar-refractivity contribution in [3.63, 3.8) is 0 Å². The summed E-state index contributed by atoms with van der Waals surface area (Å²) < 4.78 is 13.5. The van der Waals surface area contributed by atoms with Crippen LogP contribution in [0.3, 0.4) is 0 Å². The SMILES string of the molecule is CC=CCc1ccccc1P(c1ccccc1)(c1ccccc1)(c1ccccc1)C1OCCCO1. The summed E-state index contributed by atoms with van der Waals surface area (Å²) in [5.41, 5.74) is 1.30. The van der Waals surface area contributed by atoms with Crippen LogP contribution in [0.5, 0.6) is 0 Å². The normalized spacial score (nSPS) is 16.1. The van der Waals surface area contributed by atoms with Gasteiger partial charge in [-0.3, -0.25) is 0 Å². The molecule has 1 heterocycles. The van der Waals surface area contributed by atoms with Crippen LogP contribution in [0, 0.1) is 0 Å². The van der Waals surface area contributed by atoms with Crippen LogP contribution in [-0.4, -0.2) is 19.2 Å². The summed E-state index contributed by atoms with van der Waals surface area (Å²) in [6.07, 6.45) is 6.13. The van der Waals surface area contributed by atoms with Crippen LogP contribution in [0.25, 0.3) is 0 Å². The maximum atomic E-state index is 6.74. The zero-order valence-electron chi connectivity index (χ0n) is 20.3. The van der Waals surface area contributed by atoms with Crippen molar-refractivity contribution in [3.8, 4) is 0 Å². The van der Waals surface area contributed by atoms with E-state index in [0.29, 0.717) is 13.2 Å². The zero-order chi connectivity index (χ0) is 24.0. The molecule has 4 aromatic carbocycles. The van der Waals surface area contributed by atoms with E-state index in [9.17, 15) is 0 Å². The number of benzene rings is 4. The van der Waals surface area contributed by atoms with Gasteiger partial charge in [-0.05, 0) is 0 Å². The Kier molecular flexibility index (Phi) is 6.97. The molecule has 1 aliphatic rings. The molecule has 0 spiro atoms. The second-order valence-corrected chi connectivity index (χ2v) is 13.8. The van der Waals surface area contributed by atoms with Crippen molar-refractivity contribution in [2.24, 2.45) is 0 Å². The molecule has 0 amide bonds. The molecule has 5 rings (SSSR count). The number of allylic oxidation sites excluding steroid dienone is 2. The Balaban J connectivity index is 2.06. The second kappa shape index (κ2) is 10.3. The first kappa shape index (κ1) is 23.7. The topological polar surface area (TPSA) is 18.5 Å². The van der Waals surface area contributed by atoms with Crippen molar-refractivity contribution < 1.29 is 9.47 Å².